The molecule has 0 spiro atoms. The van der Waals surface area contributed by atoms with E-state index >= 15 is 0 Å². The van der Waals surface area contributed by atoms with E-state index in [9.17, 15) is 19.8 Å². The minimum Gasteiger partial charge on any atom is -0.397 e. The number of piperidine rings is 1. The molecular weight excluding hydrogens is 420 g/mol. The number of amides is 2. The largest absolute Gasteiger partial charge is 0.397 e. The van der Waals surface area contributed by atoms with Crippen LogP contribution in [-0.4, -0.2) is 58.8 Å². The van der Waals surface area contributed by atoms with E-state index in [1.54, 1.807) is 0 Å². The maximum atomic E-state index is 12.6. The van der Waals surface area contributed by atoms with E-state index in [0.717, 1.165) is 42.0 Å². The van der Waals surface area contributed by atoms with Crippen LogP contribution in [0.15, 0.2) is 48.5 Å². The Bertz CT molecular complexity index is 988. The van der Waals surface area contributed by atoms with Crippen molar-refractivity contribution in [3.63, 3.8) is 0 Å². The van der Waals surface area contributed by atoms with E-state index in [-0.39, 0.29) is 5.92 Å². The van der Waals surface area contributed by atoms with Gasteiger partial charge in [-0.2, -0.15) is 0 Å². The number of hydrogen-bond acceptors (Lipinski definition) is 6. The van der Waals surface area contributed by atoms with Crippen LogP contribution < -0.4 is 16.0 Å². The van der Waals surface area contributed by atoms with Crippen LogP contribution in [-0.2, 0) is 22.7 Å². The van der Waals surface area contributed by atoms with Gasteiger partial charge in [-0.1, -0.05) is 43.3 Å². The highest BCUT2D eigenvalue weighted by Crippen LogP contribution is 2.30. The highest BCUT2D eigenvalue weighted by molar-refractivity contribution is 5.91. The molecule has 0 radical (unpaired) electrons. The molecule has 2 amide bonds. The van der Waals surface area contributed by atoms with E-state index < -0.39 is 24.0 Å². The molecule has 2 aliphatic heterocycles. The van der Waals surface area contributed by atoms with E-state index in [4.69, 9.17) is 5.73 Å². The van der Waals surface area contributed by atoms with Crippen molar-refractivity contribution < 1.29 is 19.8 Å². The van der Waals surface area contributed by atoms with Gasteiger partial charge < -0.3 is 31.1 Å². The van der Waals surface area contributed by atoms with Gasteiger partial charge >= 0.3 is 0 Å². The molecule has 8 heteroatoms. The monoisotopic (exact) mass is 452 g/mol. The molecule has 4 rings (SSSR count). The van der Waals surface area contributed by atoms with Gasteiger partial charge in [0.05, 0.1) is 11.4 Å². The summed E-state index contributed by atoms with van der Waals surface area (Å²) in [6.07, 6.45) is -2.74. The van der Waals surface area contributed by atoms with E-state index in [1.807, 2.05) is 48.5 Å². The van der Waals surface area contributed by atoms with Gasteiger partial charge in [0.15, 0.2) is 12.2 Å². The topological polar surface area (TPSA) is 119 Å². The normalized spacial score (nSPS) is 21.9. The molecule has 0 bridgehead atoms. The van der Waals surface area contributed by atoms with Gasteiger partial charge in [0.25, 0.3) is 11.8 Å². The Kier molecular flexibility index (Phi) is 6.85. The van der Waals surface area contributed by atoms with Gasteiger partial charge in [-0.15, -0.1) is 0 Å². The molecule has 1 fully saturated rings. The first kappa shape index (κ1) is 23.1. The number of hydrogen-bond donors (Lipinski definition) is 4. The number of nitrogens with zero attached hydrogens (tertiary/aromatic N) is 2. The van der Waals surface area contributed by atoms with Crippen molar-refractivity contribution in [1.82, 2.24) is 10.2 Å². The maximum Gasteiger partial charge on any atom is 0.255 e. The zero-order valence-electron chi connectivity index (χ0n) is 18.9. The SMILES string of the molecule is C[C@@H]1CN(c2ccccc2N)CCC1CNC(=O)[C@H](O)[C@@H](O)C(=O)N1Cc2ccccc2C1. The number of nitrogen functional groups attached to an aromatic ring is 1. The van der Waals surface area contributed by atoms with Gasteiger partial charge in [-0.25, -0.2) is 0 Å². The third-order valence-electron chi connectivity index (χ3n) is 6.87. The zero-order chi connectivity index (χ0) is 23.5. The van der Waals surface area contributed by atoms with Crippen LogP contribution in [0.25, 0.3) is 0 Å². The Morgan fingerprint density at radius 1 is 1.06 bits per heavy atom. The number of carbonyl (C=O) groups excluding carboxylic acids is 2. The number of rotatable bonds is 6. The standard InChI is InChI=1S/C25H32N4O4/c1-16-13-28(21-9-5-4-8-20(21)26)11-10-17(16)12-27-24(32)22(30)23(31)25(33)29-14-18-6-2-3-7-19(18)15-29/h2-9,16-17,22-23,30-31H,10-15,26H2,1H3,(H,27,32)/t16-,17?,22-,23-/m1/s1. The Morgan fingerprint density at radius 2 is 1.70 bits per heavy atom. The van der Waals surface area contributed by atoms with E-state index in [2.05, 4.69) is 17.1 Å². The zero-order valence-corrected chi connectivity index (χ0v) is 18.9. The van der Waals surface area contributed by atoms with Gasteiger partial charge in [-0.3, -0.25) is 9.59 Å². The van der Waals surface area contributed by atoms with Crippen molar-refractivity contribution in [2.24, 2.45) is 11.8 Å². The summed E-state index contributed by atoms with van der Waals surface area (Å²) in [6, 6.07) is 15.4. The molecular formula is C25H32N4O4. The number of nitrogens with two attached hydrogens (primary N) is 1. The molecule has 0 aromatic heterocycles. The van der Waals surface area contributed by atoms with Crippen LogP contribution >= 0.6 is 0 Å². The molecule has 1 unspecified atom stereocenters. The molecule has 2 heterocycles. The van der Waals surface area contributed by atoms with Gasteiger partial charge in [0, 0.05) is 32.7 Å². The summed E-state index contributed by atoms with van der Waals surface area (Å²) >= 11 is 0. The Morgan fingerprint density at radius 3 is 2.33 bits per heavy atom. The molecule has 8 nitrogen and oxygen atoms in total. The predicted molar refractivity (Wildman–Crippen MR) is 126 cm³/mol. The summed E-state index contributed by atoms with van der Waals surface area (Å²) in [5, 5.41) is 23.4. The Labute approximate surface area is 194 Å². The number of fused-ring (bicyclic) bond motifs is 1. The first-order valence-corrected chi connectivity index (χ1v) is 11.4. The summed E-state index contributed by atoms with van der Waals surface area (Å²) < 4.78 is 0. The van der Waals surface area contributed by atoms with Crippen LogP contribution in [0.4, 0.5) is 11.4 Å². The van der Waals surface area contributed by atoms with Crippen molar-refractivity contribution >= 4 is 23.2 Å². The van der Waals surface area contributed by atoms with Crippen LogP contribution in [0.3, 0.4) is 0 Å². The molecule has 33 heavy (non-hydrogen) atoms. The third kappa shape index (κ3) is 4.96. The highest BCUT2D eigenvalue weighted by Gasteiger charge is 2.36. The first-order valence-electron chi connectivity index (χ1n) is 11.4. The summed E-state index contributed by atoms with van der Waals surface area (Å²) in [5.74, 6) is -0.848. The second-order valence-electron chi connectivity index (χ2n) is 9.13. The lowest BCUT2D eigenvalue weighted by Gasteiger charge is -2.39. The van der Waals surface area contributed by atoms with Crippen LogP contribution in [0.5, 0.6) is 0 Å². The number of para-hydroxylation sites is 2. The molecule has 176 valence electrons. The molecule has 2 aromatic carbocycles. The number of anilines is 2. The molecule has 5 N–H and O–H groups in total. The van der Waals surface area contributed by atoms with E-state index in [1.165, 1.54) is 4.90 Å². The van der Waals surface area contributed by atoms with Gasteiger partial charge in [0.1, 0.15) is 0 Å². The fourth-order valence-electron chi connectivity index (χ4n) is 4.78. The summed E-state index contributed by atoms with van der Waals surface area (Å²) in [5.41, 5.74) is 9.89. The van der Waals surface area contributed by atoms with Crippen molar-refractivity contribution in [3.05, 3.63) is 59.7 Å². The Hall–Kier alpha value is -3.10. The lowest BCUT2D eigenvalue weighted by molar-refractivity contribution is -0.153. The quantitative estimate of drug-likeness (QED) is 0.488. The molecule has 2 aromatic rings. The smallest absolute Gasteiger partial charge is 0.255 e. The first-order chi connectivity index (χ1) is 15.8. The van der Waals surface area contributed by atoms with Crippen molar-refractivity contribution in [2.75, 3.05) is 30.3 Å². The summed E-state index contributed by atoms with van der Waals surface area (Å²) in [6.45, 7) is 4.87. The molecule has 0 saturated carbocycles. The average molecular weight is 453 g/mol. The van der Waals surface area contributed by atoms with Gasteiger partial charge in [0.2, 0.25) is 0 Å². The van der Waals surface area contributed by atoms with Crippen molar-refractivity contribution in [2.45, 2.75) is 38.6 Å². The fourth-order valence-corrected chi connectivity index (χ4v) is 4.78. The lowest BCUT2D eigenvalue weighted by atomic mass is 9.86. The molecule has 2 aliphatic rings. The number of benzene rings is 2. The number of aliphatic hydroxyl groups is 2. The second kappa shape index (κ2) is 9.80. The maximum absolute atomic E-state index is 12.6. The van der Waals surface area contributed by atoms with Crippen LogP contribution in [0.2, 0.25) is 0 Å². The number of aliphatic hydroxyl groups excluding tert-OH is 2. The summed E-state index contributed by atoms with van der Waals surface area (Å²) in [4.78, 5) is 28.8. The number of nitrogens with one attached hydrogen (secondary N) is 1. The fraction of sp³-hybridized carbons (Fsp3) is 0.440. The minimum atomic E-state index is -1.80. The predicted octanol–water partition coefficient (Wildman–Crippen LogP) is 1.11. The summed E-state index contributed by atoms with van der Waals surface area (Å²) in [7, 11) is 0. The van der Waals surface area contributed by atoms with Crippen molar-refractivity contribution in [1.29, 1.82) is 0 Å². The van der Waals surface area contributed by atoms with Crippen molar-refractivity contribution in [3.8, 4) is 0 Å². The van der Waals surface area contributed by atoms with Crippen LogP contribution in [0, 0.1) is 11.8 Å². The molecule has 0 aliphatic carbocycles. The lowest BCUT2D eigenvalue weighted by Crippen LogP contribution is -2.51. The average Bonchev–Trinajstić information content (AvgIpc) is 3.26. The third-order valence-corrected chi connectivity index (χ3v) is 6.87. The highest BCUT2D eigenvalue weighted by atomic mass is 16.3. The molecule has 4 atom stereocenters. The van der Waals surface area contributed by atoms with Crippen LogP contribution in [0.1, 0.15) is 24.5 Å². The van der Waals surface area contributed by atoms with E-state index in [0.29, 0.717) is 25.6 Å². The second-order valence-corrected chi connectivity index (χ2v) is 9.13. The Balaban J connectivity index is 1.26. The number of carbonyl (C=O) groups is 2. The van der Waals surface area contributed by atoms with Gasteiger partial charge in [-0.05, 0) is 41.5 Å². The minimum absolute atomic E-state index is 0.225. The molecule has 1 saturated heterocycles.